The maximum atomic E-state index is 12.2. The van der Waals surface area contributed by atoms with Crippen LogP contribution in [0.25, 0.3) is 0 Å². The fourth-order valence-corrected chi connectivity index (χ4v) is 2.71. The minimum absolute atomic E-state index is 0.133. The summed E-state index contributed by atoms with van der Waals surface area (Å²) in [5.74, 6) is -1.39. The number of pyridine rings is 1. The third-order valence-electron chi connectivity index (χ3n) is 2.88. The van der Waals surface area contributed by atoms with E-state index in [0.29, 0.717) is 16.9 Å². The van der Waals surface area contributed by atoms with Gasteiger partial charge in [-0.05, 0) is 43.8 Å². The van der Waals surface area contributed by atoms with Gasteiger partial charge in [-0.15, -0.1) is 11.3 Å². The molecule has 6 heteroatoms. The second kappa shape index (κ2) is 5.42. The Bertz CT molecular complexity index is 692. The average molecular weight is 290 g/mol. The molecular formula is C14H14N2O3S. The van der Waals surface area contributed by atoms with Gasteiger partial charge in [-0.25, -0.2) is 4.79 Å². The summed E-state index contributed by atoms with van der Waals surface area (Å²) in [4.78, 5) is 27.7. The first-order valence-electron chi connectivity index (χ1n) is 5.97. The Morgan fingerprint density at radius 3 is 2.55 bits per heavy atom. The van der Waals surface area contributed by atoms with Gasteiger partial charge in [0.25, 0.3) is 5.91 Å². The molecule has 5 nitrogen and oxygen atoms in total. The molecule has 2 aromatic rings. The van der Waals surface area contributed by atoms with E-state index in [2.05, 4.69) is 10.3 Å². The normalized spacial score (nSPS) is 10.3. The van der Waals surface area contributed by atoms with Crippen LogP contribution in [0.15, 0.2) is 17.5 Å². The van der Waals surface area contributed by atoms with Crippen molar-refractivity contribution in [2.75, 3.05) is 5.32 Å². The van der Waals surface area contributed by atoms with Gasteiger partial charge in [0.15, 0.2) is 0 Å². The van der Waals surface area contributed by atoms with Crippen molar-refractivity contribution in [3.8, 4) is 0 Å². The number of aromatic carboxylic acids is 1. The molecule has 0 aromatic carbocycles. The maximum absolute atomic E-state index is 12.2. The highest BCUT2D eigenvalue weighted by molar-refractivity contribution is 7.12. The summed E-state index contributed by atoms with van der Waals surface area (Å²) in [6, 6.07) is 3.44. The zero-order chi connectivity index (χ0) is 14.9. The summed E-state index contributed by atoms with van der Waals surface area (Å²) in [6.45, 7) is 5.36. The Balaban J connectivity index is 2.33. The van der Waals surface area contributed by atoms with E-state index in [1.165, 1.54) is 0 Å². The van der Waals surface area contributed by atoms with Crippen LogP contribution >= 0.6 is 11.3 Å². The lowest BCUT2D eigenvalue weighted by Gasteiger charge is -2.08. The molecule has 0 fully saturated rings. The molecule has 0 aliphatic carbocycles. The van der Waals surface area contributed by atoms with E-state index < -0.39 is 5.97 Å². The van der Waals surface area contributed by atoms with Crippen LogP contribution in [0.1, 0.15) is 37.0 Å². The standard InChI is InChI=1S/C14H14N2O3S/c1-7-6-20-12(14(18)19)11(7)16-13(17)10-5-4-8(2)15-9(10)3/h4-6H,1-3H3,(H,16,17)(H,18,19). The summed E-state index contributed by atoms with van der Waals surface area (Å²) < 4.78 is 0. The van der Waals surface area contributed by atoms with Crippen LogP contribution in [-0.4, -0.2) is 22.0 Å². The summed E-state index contributed by atoms with van der Waals surface area (Å²) in [5, 5.41) is 13.5. The van der Waals surface area contributed by atoms with Crippen molar-refractivity contribution < 1.29 is 14.7 Å². The van der Waals surface area contributed by atoms with Gasteiger partial charge in [0.1, 0.15) is 4.88 Å². The molecule has 104 valence electrons. The second-order valence-electron chi connectivity index (χ2n) is 4.47. The first-order valence-corrected chi connectivity index (χ1v) is 6.85. The molecule has 0 radical (unpaired) electrons. The quantitative estimate of drug-likeness (QED) is 0.910. The Hall–Kier alpha value is -2.21. The van der Waals surface area contributed by atoms with Gasteiger partial charge < -0.3 is 10.4 Å². The third kappa shape index (κ3) is 2.70. The lowest BCUT2D eigenvalue weighted by molar-refractivity contribution is 0.0703. The van der Waals surface area contributed by atoms with Crippen LogP contribution in [0.2, 0.25) is 0 Å². The van der Waals surface area contributed by atoms with Crippen molar-refractivity contribution in [2.24, 2.45) is 0 Å². The maximum Gasteiger partial charge on any atom is 0.348 e. The molecule has 1 amide bonds. The number of anilines is 1. The summed E-state index contributed by atoms with van der Waals surface area (Å²) in [6.07, 6.45) is 0. The molecule has 2 N–H and O–H groups in total. The number of amides is 1. The molecule has 0 saturated carbocycles. The summed E-state index contributed by atoms with van der Waals surface area (Å²) in [5.41, 5.74) is 2.98. The molecule has 0 saturated heterocycles. The van der Waals surface area contributed by atoms with Gasteiger partial charge in [0, 0.05) is 5.69 Å². The van der Waals surface area contributed by atoms with Crippen molar-refractivity contribution in [3.05, 3.63) is 44.9 Å². The number of aryl methyl sites for hydroxylation is 3. The van der Waals surface area contributed by atoms with Crippen molar-refractivity contribution >= 4 is 28.9 Å². The number of carboxylic acids is 1. The molecule has 0 aliphatic rings. The summed E-state index contributed by atoms with van der Waals surface area (Å²) in [7, 11) is 0. The SMILES string of the molecule is Cc1ccc(C(=O)Nc2c(C)csc2C(=O)O)c(C)n1. The zero-order valence-corrected chi connectivity index (χ0v) is 12.2. The Morgan fingerprint density at radius 2 is 1.95 bits per heavy atom. The van der Waals surface area contributed by atoms with Crippen LogP contribution < -0.4 is 5.32 Å². The van der Waals surface area contributed by atoms with Gasteiger partial charge in [-0.1, -0.05) is 0 Å². The minimum atomic E-state index is -1.04. The number of hydrogen-bond donors (Lipinski definition) is 2. The van der Waals surface area contributed by atoms with E-state index in [-0.39, 0.29) is 10.8 Å². The van der Waals surface area contributed by atoms with Gasteiger partial charge in [-0.3, -0.25) is 9.78 Å². The van der Waals surface area contributed by atoms with Gasteiger partial charge in [0.05, 0.1) is 16.9 Å². The molecule has 2 rings (SSSR count). The fraction of sp³-hybridized carbons (Fsp3) is 0.214. The summed E-state index contributed by atoms with van der Waals surface area (Å²) >= 11 is 1.10. The first kappa shape index (κ1) is 14.2. The van der Waals surface area contributed by atoms with Crippen LogP contribution in [0.5, 0.6) is 0 Å². The fourth-order valence-electron chi connectivity index (χ4n) is 1.86. The highest BCUT2D eigenvalue weighted by Gasteiger charge is 2.19. The number of carbonyl (C=O) groups is 2. The van der Waals surface area contributed by atoms with Crippen molar-refractivity contribution in [1.29, 1.82) is 0 Å². The number of nitrogens with one attached hydrogen (secondary N) is 1. The zero-order valence-electron chi connectivity index (χ0n) is 11.4. The minimum Gasteiger partial charge on any atom is -0.477 e. The van der Waals surface area contributed by atoms with Crippen LogP contribution in [0.3, 0.4) is 0 Å². The first-order chi connectivity index (χ1) is 9.40. The van der Waals surface area contributed by atoms with Crippen LogP contribution in [-0.2, 0) is 0 Å². The molecule has 20 heavy (non-hydrogen) atoms. The molecular weight excluding hydrogens is 276 g/mol. The largest absolute Gasteiger partial charge is 0.477 e. The Kier molecular flexibility index (Phi) is 3.85. The molecule has 2 heterocycles. The number of carboxylic acid groups (broad SMARTS) is 1. The van der Waals surface area contributed by atoms with E-state index in [1.807, 2.05) is 6.92 Å². The highest BCUT2D eigenvalue weighted by Crippen LogP contribution is 2.28. The van der Waals surface area contributed by atoms with Gasteiger partial charge in [-0.2, -0.15) is 0 Å². The predicted octanol–water partition coefficient (Wildman–Crippen LogP) is 3.02. The molecule has 0 aliphatic heterocycles. The number of hydrogen-bond acceptors (Lipinski definition) is 4. The smallest absolute Gasteiger partial charge is 0.348 e. The topological polar surface area (TPSA) is 79.3 Å². The van der Waals surface area contributed by atoms with E-state index in [4.69, 9.17) is 5.11 Å². The molecule has 0 spiro atoms. The number of carbonyl (C=O) groups excluding carboxylic acids is 1. The van der Waals surface area contributed by atoms with E-state index in [1.54, 1.807) is 31.4 Å². The molecule has 0 atom stereocenters. The van der Waals surface area contributed by atoms with Crippen molar-refractivity contribution in [1.82, 2.24) is 4.98 Å². The van der Waals surface area contributed by atoms with Crippen LogP contribution in [0.4, 0.5) is 5.69 Å². The number of aromatic nitrogens is 1. The average Bonchev–Trinajstić information content (AvgIpc) is 2.71. The van der Waals surface area contributed by atoms with Gasteiger partial charge in [0.2, 0.25) is 0 Å². The Labute approximate surface area is 120 Å². The van der Waals surface area contributed by atoms with E-state index in [9.17, 15) is 9.59 Å². The Morgan fingerprint density at radius 1 is 1.25 bits per heavy atom. The molecule has 2 aromatic heterocycles. The lowest BCUT2D eigenvalue weighted by atomic mass is 10.1. The van der Waals surface area contributed by atoms with Gasteiger partial charge >= 0.3 is 5.97 Å². The number of nitrogens with zero attached hydrogens (tertiary/aromatic N) is 1. The number of thiophene rings is 1. The predicted molar refractivity (Wildman–Crippen MR) is 77.7 cm³/mol. The lowest BCUT2D eigenvalue weighted by Crippen LogP contribution is -2.16. The number of rotatable bonds is 3. The van der Waals surface area contributed by atoms with E-state index in [0.717, 1.165) is 22.6 Å². The van der Waals surface area contributed by atoms with E-state index >= 15 is 0 Å². The van der Waals surface area contributed by atoms with Crippen molar-refractivity contribution in [2.45, 2.75) is 20.8 Å². The third-order valence-corrected chi connectivity index (χ3v) is 3.96. The molecule has 0 unspecified atom stereocenters. The molecule has 0 bridgehead atoms. The highest BCUT2D eigenvalue weighted by atomic mass is 32.1. The monoisotopic (exact) mass is 290 g/mol. The van der Waals surface area contributed by atoms with Crippen molar-refractivity contribution in [3.63, 3.8) is 0 Å². The van der Waals surface area contributed by atoms with Crippen LogP contribution in [0, 0.1) is 20.8 Å². The second-order valence-corrected chi connectivity index (χ2v) is 5.35.